The quantitative estimate of drug-likeness (QED) is 0.734. The molecule has 1 saturated heterocycles. The highest BCUT2D eigenvalue weighted by Gasteiger charge is 2.34. The smallest absolute Gasteiger partial charge is 0.260 e. The molecule has 1 aliphatic heterocycles. The molecule has 0 radical (unpaired) electrons. The predicted octanol–water partition coefficient (Wildman–Crippen LogP) is 2.13. The van der Waals surface area contributed by atoms with Crippen molar-refractivity contribution in [1.29, 1.82) is 0 Å². The second-order valence-electron chi connectivity index (χ2n) is 7.45. The van der Waals surface area contributed by atoms with Crippen LogP contribution in [0.5, 0.6) is 5.75 Å². The number of rotatable bonds is 5. The maximum atomic E-state index is 12.9. The molecule has 8 nitrogen and oxygen atoms in total. The second kappa shape index (κ2) is 8.16. The van der Waals surface area contributed by atoms with Crippen LogP contribution >= 0.6 is 0 Å². The van der Waals surface area contributed by atoms with Gasteiger partial charge in [0.25, 0.3) is 5.91 Å². The Hall–Kier alpha value is -2.39. The van der Waals surface area contributed by atoms with Crippen molar-refractivity contribution in [3.05, 3.63) is 40.3 Å². The summed E-state index contributed by atoms with van der Waals surface area (Å²) in [4.78, 5) is 14.3. The molecule has 0 atom stereocenters. The number of benzene rings is 1. The van der Waals surface area contributed by atoms with Crippen molar-refractivity contribution in [2.45, 2.75) is 39.5 Å². The van der Waals surface area contributed by atoms with Crippen LogP contribution in [0, 0.1) is 34.6 Å². The lowest BCUT2D eigenvalue weighted by atomic mass is 10.1. The lowest BCUT2D eigenvalue weighted by Crippen LogP contribution is -2.51. The van der Waals surface area contributed by atoms with E-state index in [0.717, 1.165) is 22.4 Å². The van der Waals surface area contributed by atoms with Crippen molar-refractivity contribution in [2.24, 2.45) is 0 Å². The lowest BCUT2D eigenvalue weighted by molar-refractivity contribution is -0.134. The van der Waals surface area contributed by atoms with E-state index in [9.17, 15) is 13.2 Å². The zero-order chi connectivity index (χ0) is 21.3. The van der Waals surface area contributed by atoms with Gasteiger partial charge in [0.15, 0.2) is 12.4 Å². The first-order valence-corrected chi connectivity index (χ1v) is 11.0. The zero-order valence-corrected chi connectivity index (χ0v) is 18.3. The van der Waals surface area contributed by atoms with E-state index in [0.29, 0.717) is 18.8 Å². The summed E-state index contributed by atoms with van der Waals surface area (Å²) in [7, 11) is -3.69. The van der Waals surface area contributed by atoms with E-state index >= 15 is 0 Å². The van der Waals surface area contributed by atoms with E-state index in [4.69, 9.17) is 9.26 Å². The number of aromatic nitrogens is 1. The molecule has 1 aromatic heterocycles. The van der Waals surface area contributed by atoms with E-state index in [1.54, 1.807) is 18.7 Å². The van der Waals surface area contributed by atoms with E-state index in [1.165, 1.54) is 4.31 Å². The standard InChI is InChI=1S/C20H27N3O5S/c1-13-10-14(2)19(15(3)11-13)27-12-18(24)22-6-8-23(9-7-22)29(25,26)20-16(4)21-28-17(20)5/h10-11H,6-9,12H2,1-5H3. The van der Waals surface area contributed by atoms with E-state index in [-0.39, 0.29) is 36.3 Å². The number of carbonyl (C=O) groups is 1. The van der Waals surface area contributed by atoms with Gasteiger partial charge in [0.2, 0.25) is 10.0 Å². The number of ether oxygens (including phenoxy) is 1. The lowest BCUT2D eigenvalue weighted by Gasteiger charge is -2.33. The maximum Gasteiger partial charge on any atom is 0.260 e. The summed E-state index contributed by atoms with van der Waals surface area (Å²) in [5.74, 6) is 0.848. The monoisotopic (exact) mass is 421 g/mol. The van der Waals surface area contributed by atoms with Gasteiger partial charge < -0.3 is 14.2 Å². The molecule has 2 heterocycles. The van der Waals surface area contributed by atoms with Crippen LogP contribution in [-0.4, -0.2) is 61.5 Å². The molecule has 0 saturated carbocycles. The first kappa shape index (κ1) is 21.3. The Balaban J connectivity index is 1.60. The van der Waals surface area contributed by atoms with Crippen LogP contribution in [0.2, 0.25) is 0 Å². The van der Waals surface area contributed by atoms with Crippen molar-refractivity contribution in [2.75, 3.05) is 32.8 Å². The molecule has 0 spiro atoms. The Labute approximate surface area is 171 Å². The predicted molar refractivity (Wildman–Crippen MR) is 107 cm³/mol. The zero-order valence-electron chi connectivity index (χ0n) is 17.5. The van der Waals surface area contributed by atoms with Gasteiger partial charge in [0.05, 0.1) is 0 Å². The van der Waals surface area contributed by atoms with Gasteiger partial charge in [0.1, 0.15) is 16.3 Å². The van der Waals surface area contributed by atoms with E-state index in [1.807, 2.05) is 32.9 Å². The summed E-state index contributed by atoms with van der Waals surface area (Å²) < 4.78 is 37.9. The normalized spacial score (nSPS) is 15.6. The van der Waals surface area contributed by atoms with Crippen LogP contribution in [0.25, 0.3) is 0 Å². The van der Waals surface area contributed by atoms with Gasteiger partial charge in [-0.3, -0.25) is 4.79 Å². The van der Waals surface area contributed by atoms with Crippen molar-refractivity contribution >= 4 is 15.9 Å². The molecule has 0 N–H and O–H groups in total. The molecule has 3 rings (SSSR count). The molecular formula is C20H27N3O5S. The molecule has 1 aromatic carbocycles. The van der Waals surface area contributed by atoms with Crippen LogP contribution in [0.15, 0.2) is 21.6 Å². The number of piperazine rings is 1. The minimum atomic E-state index is -3.69. The molecule has 0 unspecified atom stereocenters. The Morgan fingerprint density at radius 1 is 1.07 bits per heavy atom. The fourth-order valence-corrected chi connectivity index (χ4v) is 5.48. The Kier molecular flexibility index (Phi) is 6.00. The molecule has 1 aliphatic rings. The third-order valence-corrected chi connectivity index (χ3v) is 7.25. The van der Waals surface area contributed by atoms with Gasteiger partial charge in [-0.1, -0.05) is 22.9 Å². The Morgan fingerprint density at radius 2 is 1.66 bits per heavy atom. The second-order valence-corrected chi connectivity index (χ2v) is 9.33. The van der Waals surface area contributed by atoms with Crippen LogP contribution < -0.4 is 4.74 Å². The number of nitrogens with zero attached hydrogens (tertiary/aromatic N) is 3. The van der Waals surface area contributed by atoms with E-state index < -0.39 is 10.0 Å². The molecule has 1 amide bonds. The molecule has 9 heteroatoms. The van der Waals surface area contributed by atoms with Gasteiger partial charge in [0, 0.05) is 26.2 Å². The summed E-state index contributed by atoms with van der Waals surface area (Å²) in [6.07, 6.45) is 0. The van der Waals surface area contributed by atoms with Crippen LogP contribution in [-0.2, 0) is 14.8 Å². The Morgan fingerprint density at radius 3 is 2.17 bits per heavy atom. The van der Waals surface area contributed by atoms with Gasteiger partial charge >= 0.3 is 0 Å². The number of sulfonamides is 1. The first-order valence-electron chi connectivity index (χ1n) is 9.52. The van der Waals surface area contributed by atoms with Crippen molar-refractivity contribution in [1.82, 2.24) is 14.4 Å². The largest absolute Gasteiger partial charge is 0.483 e. The highest BCUT2D eigenvalue weighted by atomic mass is 32.2. The fraction of sp³-hybridized carbons (Fsp3) is 0.500. The highest BCUT2D eigenvalue weighted by Crippen LogP contribution is 2.26. The third kappa shape index (κ3) is 4.30. The molecule has 29 heavy (non-hydrogen) atoms. The summed E-state index contributed by atoms with van der Waals surface area (Å²) >= 11 is 0. The number of amides is 1. The summed E-state index contributed by atoms with van der Waals surface area (Å²) in [6, 6.07) is 4.04. The molecule has 0 aliphatic carbocycles. The average Bonchev–Trinajstić information content (AvgIpc) is 2.99. The van der Waals surface area contributed by atoms with Crippen LogP contribution in [0.4, 0.5) is 0 Å². The number of aryl methyl sites for hydroxylation is 5. The minimum Gasteiger partial charge on any atom is -0.483 e. The summed E-state index contributed by atoms with van der Waals surface area (Å²) in [5, 5.41) is 3.73. The van der Waals surface area contributed by atoms with Gasteiger partial charge in [-0.25, -0.2) is 8.42 Å². The van der Waals surface area contributed by atoms with Gasteiger partial charge in [-0.05, 0) is 45.7 Å². The number of carbonyl (C=O) groups excluding carboxylic acids is 1. The molecule has 0 bridgehead atoms. The van der Waals surface area contributed by atoms with Gasteiger partial charge in [-0.2, -0.15) is 4.31 Å². The molecular weight excluding hydrogens is 394 g/mol. The average molecular weight is 422 g/mol. The van der Waals surface area contributed by atoms with Crippen LogP contribution in [0.3, 0.4) is 0 Å². The molecule has 158 valence electrons. The van der Waals surface area contributed by atoms with E-state index in [2.05, 4.69) is 5.16 Å². The Bertz CT molecular complexity index is 978. The number of hydrogen-bond donors (Lipinski definition) is 0. The summed E-state index contributed by atoms with van der Waals surface area (Å²) in [6.45, 7) is 10.1. The fourth-order valence-electron chi connectivity index (χ4n) is 3.77. The molecule has 1 fully saturated rings. The van der Waals surface area contributed by atoms with Gasteiger partial charge in [-0.15, -0.1) is 0 Å². The third-order valence-electron chi connectivity index (χ3n) is 5.10. The van der Waals surface area contributed by atoms with Crippen molar-refractivity contribution in [3.8, 4) is 5.75 Å². The summed E-state index contributed by atoms with van der Waals surface area (Å²) in [5.41, 5.74) is 3.48. The topological polar surface area (TPSA) is 93.0 Å². The number of hydrogen-bond acceptors (Lipinski definition) is 6. The van der Waals surface area contributed by atoms with Crippen LogP contribution in [0.1, 0.15) is 28.1 Å². The maximum absolute atomic E-state index is 12.9. The highest BCUT2D eigenvalue weighted by molar-refractivity contribution is 7.89. The van der Waals surface area contributed by atoms with Crippen molar-refractivity contribution < 1.29 is 22.5 Å². The SMILES string of the molecule is Cc1cc(C)c(OCC(=O)N2CCN(S(=O)(=O)c3c(C)noc3C)CC2)c(C)c1. The first-order chi connectivity index (χ1) is 13.6. The van der Waals surface area contributed by atoms with Crippen molar-refractivity contribution in [3.63, 3.8) is 0 Å². The minimum absolute atomic E-state index is 0.0681. The molecule has 2 aromatic rings.